The maximum absolute atomic E-state index is 9.61. The van der Waals surface area contributed by atoms with Crippen LogP contribution in [-0.4, -0.2) is 23.5 Å². The SMILES string of the molecule is CC(O)C(C)(C)NCc1ccc2c(c1)OCO2. The molecule has 4 nitrogen and oxygen atoms in total. The summed E-state index contributed by atoms with van der Waals surface area (Å²) in [7, 11) is 0. The summed E-state index contributed by atoms with van der Waals surface area (Å²) in [5.41, 5.74) is 0.805. The summed E-state index contributed by atoms with van der Waals surface area (Å²) >= 11 is 0. The van der Waals surface area contributed by atoms with Gasteiger partial charge in [0, 0.05) is 12.1 Å². The summed E-state index contributed by atoms with van der Waals surface area (Å²) in [5.74, 6) is 1.59. The Balaban J connectivity index is 2.00. The fourth-order valence-corrected chi connectivity index (χ4v) is 1.53. The molecular weight excluding hydrogens is 218 g/mol. The van der Waals surface area contributed by atoms with Crippen LogP contribution in [0.5, 0.6) is 11.5 Å². The van der Waals surface area contributed by atoms with Gasteiger partial charge in [0.25, 0.3) is 0 Å². The Morgan fingerprint density at radius 3 is 2.76 bits per heavy atom. The first kappa shape index (κ1) is 12.2. The predicted octanol–water partition coefficient (Wildman–Crippen LogP) is 1.66. The van der Waals surface area contributed by atoms with Crippen LogP contribution < -0.4 is 14.8 Å². The number of nitrogens with one attached hydrogen (secondary N) is 1. The smallest absolute Gasteiger partial charge is 0.231 e. The van der Waals surface area contributed by atoms with Gasteiger partial charge >= 0.3 is 0 Å². The second-order valence-electron chi connectivity index (χ2n) is 4.94. The standard InChI is InChI=1S/C13H19NO3/c1-9(15)13(2,3)14-7-10-4-5-11-12(6-10)17-8-16-11/h4-6,9,14-15H,7-8H2,1-3H3. The fraction of sp³-hybridized carbons (Fsp3) is 0.538. The molecule has 17 heavy (non-hydrogen) atoms. The molecule has 0 aromatic heterocycles. The largest absolute Gasteiger partial charge is 0.454 e. The van der Waals surface area contributed by atoms with E-state index in [-0.39, 0.29) is 5.54 Å². The highest BCUT2D eigenvalue weighted by atomic mass is 16.7. The lowest BCUT2D eigenvalue weighted by Crippen LogP contribution is -2.47. The molecule has 1 aromatic carbocycles. The van der Waals surface area contributed by atoms with Crippen molar-refractivity contribution in [2.24, 2.45) is 0 Å². The van der Waals surface area contributed by atoms with E-state index in [1.807, 2.05) is 32.0 Å². The second kappa shape index (κ2) is 4.55. The molecule has 0 amide bonds. The van der Waals surface area contributed by atoms with Crippen LogP contribution in [0.3, 0.4) is 0 Å². The minimum absolute atomic E-state index is 0.297. The van der Waals surface area contributed by atoms with Crippen molar-refractivity contribution in [1.82, 2.24) is 5.32 Å². The van der Waals surface area contributed by atoms with Crippen LogP contribution in [0.1, 0.15) is 26.3 Å². The van der Waals surface area contributed by atoms with Crippen LogP contribution in [0.25, 0.3) is 0 Å². The quantitative estimate of drug-likeness (QED) is 0.836. The highest BCUT2D eigenvalue weighted by Gasteiger charge is 2.23. The Labute approximate surface area is 102 Å². The summed E-state index contributed by atoms with van der Waals surface area (Å²) in [4.78, 5) is 0. The number of fused-ring (bicyclic) bond motifs is 1. The zero-order valence-electron chi connectivity index (χ0n) is 10.5. The van der Waals surface area contributed by atoms with Gasteiger partial charge in [0.1, 0.15) is 0 Å². The number of rotatable bonds is 4. The van der Waals surface area contributed by atoms with Crippen LogP contribution in [-0.2, 0) is 6.54 Å². The molecule has 1 unspecified atom stereocenters. The lowest BCUT2D eigenvalue weighted by atomic mass is 9.98. The molecule has 1 aliphatic rings. The zero-order chi connectivity index (χ0) is 12.5. The van der Waals surface area contributed by atoms with Crippen molar-refractivity contribution in [2.75, 3.05) is 6.79 Å². The zero-order valence-corrected chi connectivity index (χ0v) is 10.5. The molecule has 1 aliphatic heterocycles. The molecule has 4 heteroatoms. The molecule has 2 rings (SSSR count). The minimum Gasteiger partial charge on any atom is -0.454 e. The van der Waals surface area contributed by atoms with E-state index in [1.54, 1.807) is 6.92 Å². The third-order valence-electron chi connectivity index (χ3n) is 3.23. The van der Waals surface area contributed by atoms with E-state index in [1.165, 1.54) is 0 Å². The molecule has 0 spiro atoms. The lowest BCUT2D eigenvalue weighted by Gasteiger charge is -2.29. The first-order valence-electron chi connectivity index (χ1n) is 5.80. The summed E-state index contributed by atoms with van der Waals surface area (Å²) in [6, 6.07) is 5.88. The lowest BCUT2D eigenvalue weighted by molar-refractivity contribution is 0.0956. The van der Waals surface area contributed by atoms with Gasteiger partial charge in [0.15, 0.2) is 11.5 Å². The van der Waals surface area contributed by atoms with Crippen molar-refractivity contribution in [3.63, 3.8) is 0 Å². The summed E-state index contributed by atoms with van der Waals surface area (Å²) in [5, 5.41) is 12.9. The van der Waals surface area contributed by atoms with Gasteiger partial charge in [-0.15, -0.1) is 0 Å². The van der Waals surface area contributed by atoms with Gasteiger partial charge in [-0.3, -0.25) is 0 Å². The molecule has 1 aromatic rings. The molecular formula is C13H19NO3. The number of ether oxygens (including phenoxy) is 2. The van der Waals surface area contributed by atoms with Crippen LogP contribution >= 0.6 is 0 Å². The molecule has 0 saturated carbocycles. The molecule has 94 valence electrons. The summed E-state index contributed by atoms with van der Waals surface area (Å²) in [6.45, 7) is 6.72. The number of benzene rings is 1. The second-order valence-corrected chi connectivity index (χ2v) is 4.94. The summed E-state index contributed by atoms with van der Waals surface area (Å²) in [6.07, 6.45) is -0.406. The van der Waals surface area contributed by atoms with Crippen LogP contribution in [0.2, 0.25) is 0 Å². The topological polar surface area (TPSA) is 50.7 Å². The maximum atomic E-state index is 9.61. The first-order chi connectivity index (χ1) is 7.99. The molecule has 0 fully saturated rings. The van der Waals surface area contributed by atoms with E-state index < -0.39 is 6.10 Å². The van der Waals surface area contributed by atoms with E-state index in [9.17, 15) is 5.11 Å². The van der Waals surface area contributed by atoms with Gasteiger partial charge in [0.2, 0.25) is 6.79 Å². The van der Waals surface area contributed by atoms with Gasteiger partial charge in [-0.05, 0) is 38.5 Å². The fourth-order valence-electron chi connectivity index (χ4n) is 1.53. The van der Waals surface area contributed by atoms with Crippen molar-refractivity contribution in [2.45, 2.75) is 39.0 Å². The van der Waals surface area contributed by atoms with Gasteiger partial charge in [0.05, 0.1) is 6.10 Å². The number of hydrogen-bond donors (Lipinski definition) is 2. The summed E-state index contributed by atoms with van der Waals surface area (Å²) < 4.78 is 10.6. The normalized spacial score (nSPS) is 16.0. The van der Waals surface area contributed by atoms with Crippen LogP contribution in [0.15, 0.2) is 18.2 Å². The molecule has 2 N–H and O–H groups in total. The predicted molar refractivity (Wildman–Crippen MR) is 65.2 cm³/mol. The van der Waals surface area contributed by atoms with Gasteiger partial charge in [-0.25, -0.2) is 0 Å². The Kier molecular flexibility index (Phi) is 3.26. The highest BCUT2D eigenvalue weighted by Crippen LogP contribution is 2.32. The monoisotopic (exact) mass is 237 g/mol. The number of hydrogen-bond acceptors (Lipinski definition) is 4. The minimum atomic E-state index is -0.406. The average molecular weight is 237 g/mol. The molecule has 0 aliphatic carbocycles. The Morgan fingerprint density at radius 2 is 2.06 bits per heavy atom. The molecule has 1 heterocycles. The van der Waals surface area contributed by atoms with E-state index in [2.05, 4.69) is 5.32 Å². The number of aliphatic hydroxyl groups excluding tert-OH is 1. The van der Waals surface area contributed by atoms with Crippen molar-refractivity contribution in [1.29, 1.82) is 0 Å². The van der Waals surface area contributed by atoms with Gasteiger partial charge in [-0.1, -0.05) is 6.07 Å². The van der Waals surface area contributed by atoms with Crippen LogP contribution in [0, 0.1) is 0 Å². The van der Waals surface area contributed by atoms with E-state index in [0.29, 0.717) is 13.3 Å². The van der Waals surface area contributed by atoms with E-state index in [4.69, 9.17) is 9.47 Å². The van der Waals surface area contributed by atoms with Crippen molar-refractivity contribution in [3.05, 3.63) is 23.8 Å². The third-order valence-corrected chi connectivity index (χ3v) is 3.23. The first-order valence-corrected chi connectivity index (χ1v) is 5.80. The highest BCUT2D eigenvalue weighted by molar-refractivity contribution is 5.44. The van der Waals surface area contributed by atoms with Crippen LogP contribution in [0.4, 0.5) is 0 Å². The van der Waals surface area contributed by atoms with Crippen molar-refractivity contribution < 1.29 is 14.6 Å². The molecule has 1 atom stereocenters. The average Bonchev–Trinajstić information content (AvgIpc) is 2.73. The van der Waals surface area contributed by atoms with Crippen molar-refractivity contribution in [3.8, 4) is 11.5 Å². The van der Waals surface area contributed by atoms with E-state index >= 15 is 0 Å². The van der Waals surface area contributed by atoms with E-state index in [0.717, 1.165) is 17.1 Å². The van der Waals surface area contributed by atoms with Gasteiger partial charge < -0.3 is 19.9 Å². The Morgan fingerprint density at radius 1 is 1.35 bits per heavy atom. The third kappa shape index (κ3) is 2.70. The van der Waals surface area contributed by atoms with Gasteiger partial charge in [-0.2, -0.15) is 0 Å². The Bertz CT molecular complexity index is 402. The Hall–Kier alpha value is -1.26. The molecule has 0 radical (unpaired) electrons. The molecule has 0 bridgehead atoms. The maximum Gasteiger partial charge on any atom is 0.231 e. The van der Waals surface area contributed by atoms with Crippen molar-refractivity contribution >= 4 is 0 Å². The number of aliphatic hydroxyl groups is 1. The molecule has 0 saturated heterocycles.